The fraction of sp³-hybridized carbons (Fsp3) is 0.250. The lowest BCUT2D eigenvalue weighted by molar-refractivity contribution is 0.896. The molecule has 1 aliphatic rings. The molecule has 14 heavy (non-hydrogen) atoms. The maximum Gasteiger partial charge on any atom is 0.167 e. The van der Waals surface area contributed by atoms with E-state index in [0.29, 0.717) is 10.8 Å². The van der Waals surface area contributed by atoms with E-state index in [1.165, 1.54) is 0 Å². The van der Waals surface area contributed by atoms with Gasteiger partial charge in [-0.05, 0) is 37.9 Å². The number of anilines is 1. The molecule has 2 rings (SSSR count). The third-order valence-corrected chi connectivity index (χ3v) is 3.06. The fourth-order valence-electron chi connectivity index (χ4n) is 1.18. The second-order valence-corrected chi connectivity index (χ2v) is 5.05. The topological polar surface area (TPSA) is 28.5 Å². The van der Waals surface area contributed by atoms with E-state index < -0.39 is 0 Å². The molecular formula is C8H6Br2ClN3. The standard InChI is InChI=1S/C8H6Br2ClN3/c9-5-3-6(11)8(12-4-5)14-2-1-7(10)13-14/h3-4H,1-2H2. The average molecular weight is 339 g/mol. The molecule has 0 amide bonds. The van der Waals surface area contributed by atoms with Crippen LogP contribution < -0.4 is 5.01 Å². The van der Waals surface area contributed by atoms with E-state index in [1.54, 1.807) is 11.2 Å². The van der Waals surface area contributed by atoms with Crippen LogP contribution in [0.15, 0.2) is 21.8 Å². The zero-order chi connectivity index (χ0) is 10.1. The van der Waals surface area contributed by atoms with Gasteiger partial charge in [0, 0.05) is 23.6 Å². The van der Waals surface area contributed by atoms with Crippen molar-refractivity contribution in [2.45, 2.75) is 6.42 Å². The van der Waals surface area contributed by atoms with Crippen LogP contribution in [0.25, 0.3) is 0 Å². The molecule has 6 heteroatoms. The monoisotopic (exact) mass is 337 g/mol. The summed E-state index contributed by atoms with van der Waals surface area (Å²) in [7, 11) is 0. The van der Waals surface area contributed by atoms with E-state index in [2.05, 4.69) is 41.9 Å². The molecule has 2 heterocycles. The third-order valence-electron chi connectivity index (χ3n) is 1.79. The molecule has 0 saturated heterocycles. The molecule has 0 atom stereocenters. The van der Waals surface area contributed by atoms with Gasteiger partial charge in [-0.25, -0.2) is 9.99 Å². The summed E-state index contributed by atoms with van der Waals surface area (Å²) in [5.74, 6) is 0.698. The average Bonchev–Trinajstić information content (AvgIpc) is 2.51. The van der Waals surface area contributed by atoms with E-state index in [9.17, 15) is 0 Å². The highest BCUT2D eigenvalue weighted by atomic mass is 79.9. The number of halogens is 3. The number of hydrogen-bond acceptors (Lipinski definition) is 3. The Labute approximate surface area is 103 Å². The largest absolute Gasteiger partial charge is 0.245 e. The first-order chi connectivity index (χ1) is 6.66. The molecule has 0 fully saturated rings. The Morgan fingerprint density at radius 1 is 1.43 bits per heavy atom. The molecule has 3 nitrogen and oxygen atoms in total. The fourth-order valence-corrected chi connectivity index (χ4v) is 2.28. The summed E-state index contributed by atoms with van der Waals surface area (Å²) >= 11 is 12.7. The molecule has 0 saturated carbocycles. The Balaban J connectivity index is 2.33. The minimum absolute atomic E-state index is 0.602. The van der Waals surface area contributed by atoms with Gasteiger partial charge in [-0.1, -0.05) is 11.6 Å². The third kappa shape index (κ3) is 2.10. The van der Waals surface area contributed by atoms with E-state index in [-0.39, 0.29) is 0 Å². The van der Waals surface area contributed by atoms with Crippen molar-refractivity contribution in [2.24, 2.45) is 5.10 Å². The number of pyridine rings is 1. The minimum atomic E-state index is 0.602. The van der Waals surface area contributed by atoms with Gasteiger partial charge in [0.05, 0.1) is 5.02 Å². The van der Waals surface area contributed by atoms with Crippen molar-refractivity contribution in [3.8, 4) is 0 Å². The maximum absolute atomic E-state index is 6.04. The lowest BCUT2D eigenvalue weighted by Crippen LogP contribution is -2.13. The summed E-state index contributed by atoms with van der Waals surface area (Å²) < 4.78 is 1.80. The molecule has 74 valence electrons. The molecule has 1 aromatic rings. The van der Waals surface area contributed by atoms with Crippen LogP contribution in [0.1, 0.15) is 6.42 Å². The summed E-state index contributed by atoms with van der Waals surface area (Å²) in [5.41, 5.74) is 0. The van der Waals surface area contributed by atoms with E-state index in [1.807, 2.05) is 6.07 Å². The van der Waals surface area contributed by atoms with Gasteiger partial charge in [-0.15, -0.1) is 0 Å². The van der Waals surface area contributed by atoms with Gasteiger partial charge in [0.25, 0.3) is 0 Å². The Bertz CT molecular complexity index is 394. The molecular weight excluding hydrogens is 333 g/mol. The van der Waals surface area contributed by atoms with Crippen LogP contribution in [0, 0.1) is 0 Å². The second kappa shape index (κ2) is 4.16. The lowest BCUT2D eigenvalue weighted by atomic mass is 10.4. The first kappa shape index (κ1) is 10.4. The Morgan fingerprint density at radius 3 is 2.79 bits per heavy atom. The van der Waals surface area contributed by atoms with Crippen molar-refractivity contribution in [1.29, 1.82) is 0 Å². The number of hydrazone groups is 1. The second-order valence-electron chi connectivity index (χ2n) is 2.81. The predicted molar refractivity (Wildman–Crippen MR) is 65.3 cm³/mol. The quantitative estimate of drug-likeness (QED) is 0.784. The SMILES string of the molecule is Clc1cc(Br)cnc1N1CCC(Br)=N1. The molecule has 0 spiro atoms. The first-order valence-corrected chi connectivity index (χ1v) is 5.95. The summed E-state index contributed by atoms with van der Waals surface area (Å²) in [6.45, 7) is 0.814. The van der Waals surface area contributed by atoms with Crippen molar-refractivity contribution in [2.75, 3.05) is 11.6 Å². The highest BCUT2D eigenvalue weighted by molar-refractivity contribution is 9.18. The minimum Gasteiger partial charge on any atom is -0.245 e. The molecule has 0 unspecified atom stereocenters. The van der Waals surface area contributed by atoms with Gasteiger partial charge in [0.15, 0.2) is 5.82 Å². The van der Waals surface area contributed by atoms with Gasteiger partial charge in [-0.2, -0.15) is 5.10 Å². The molecule has 0 aliphatic carbocycles. The molecule has 1 aromatic heterocycles. The van der Waals surface area contributed by atoms with E-state index in [4.69, 9.17) is 11.6 Å². The summed E-state index contributed by atoms with van der Waals surface area (Å²) in [6, 6.07) is 1.81. The van der Waals surface area contributed by atoms with Crippen LogP contribution in [0.5, 0.6) is 0 Å². The smallest absolute Gasteiger partial charge is 0.167 e. The molecule has 0 bridgehead atoms. The molecule has 0 radical (unpaired) electrons. The normalized spacial score (nSPS) is 15.9. The van der Waals surface area contributed by atoms with Crippen LogP contribution in [-0.2, 0) is 0 Å². The lowest BCUT2D eigenvalue weighted by Gasteiger charge is -2.13. The van der Waals surface area contributed by atoms with Crippen LogP contribution >= 0.6 is 43.5 Å². The van der Waals surface area contributed by atoms with Gasteiger partial charge in [-0.3, -0.25) is 0 Å². The van der Waals surface area contributed by atoms with Gasteiger partial charge < -0.3 is 0 Å². The van der Waals surface area contributed by atoms with Crippen LogP contribution in [-0.4, -0.2) is 16.1 Å². The Morgan fingerprint density at radius 2 is 2.21 bits per heavy atom. The summed E-state index contributed by atoms with van der Waals surface area (Å²) in [4.78, 5) is 4.21. The maximum atomic E-state index is 6.04. The number of aromatic nitrogens is 1. The summed E-state index contributed by atoms with van der Waals surface area (Å²) in [6.07, 6.45) is 2.61. The molecule has 0 N–H and O–H groups in total. The van der Waals surface area contributed by atoms with Crippen LogP contribution in [0.3, 0.4) is 0 Å². The van der Waals surface area contributed by atoms with Gasteiger partial charge in [0.1, 0.15) is 4.62 Å². The predicted octanol–water partition coefficient (Wildman–Crippen LogP) is 3.42. The van der Waals surface area contributed by atoms with Crippen molar-refractivity contribution in [3.05, 3.63) is 21.8 Å². The Hall–Kier alpha value is -0.130. The number of nitrogens with zero attached hydrogens (tertiary/aromatic N) is 3. The van der Waals surface area contributed by atoms with Crippen LogP contribution in [0.2, 0.25) is 5.02 Å². The van der Waals surface area contributed by atoms with Crippen LogP contribution in [0.4, 0.5) is 5.82 Å². The highest BCUT2D eigenvalue weighted by Crippen LogP contribution is 2.28. The van der Waals surface area contributed by atoms with Crippen molar-refractivity contribution < 1.29 is 0 Å². The molecule has 0 aromatic carbocycles. The van der Waals surface area contributed by atoms with Crippen molar-refractivity contribution in [3.63, 3.8) is 0 Å². The number of hydrogen-bond donors (Lipinski definition) is 0. The van der Waals surface area contributed by atoms with Gasteiger partial charge in [0.2, 0.25) is 0 Å². The number of rotatable bonds is 1. The first-order valence-electron chi connectivity index (χ1n) is 3.98. The summed E-state index contributed by atoms with van der Waals surface area (Å²) in [5, 5.41) is 6.65. The Kier molecular flexibility index (Phi) is 3.09. The van der Waals surface area contributed by atoms with E-state index in [0.717, 1.165) is 22.1 Å². The zero-order valence-electron chi connectivity index (χ0n) is 7.04. The molecule has 1 aliphatic heterocycles. The van der Waals surface area contributed by atoms with Gasteiger partial charge >= 0.3 is 0 Å². The highest BCUT2D eigenvalue weighted by Gasteiger charge is 2.17. The van der Waals surface area contributed by atoms with Crippen molar-refractivity contribution >= 4 is 53.9 Å². The van der Waals surface area contributed by atoms with Crippen molar-refractivity contribution in [1.82, 2.24) is 4.98 Å². The zero-order valence-corrected chi connectivity index (χ0v) is 11.0. The van der Waals surface area contributed by atoms with E-state index >= 15 is 0 Å².